The summed E-state index contributed by atoms with van der Waals surface area (Å²) in [5.41, 5.74) is 3.58. The van der Waals surface area contributed by atoms with Gasteiger partial charge in [-0.15, -0.1) is 0 Å². The molecule has 0 saturated carbocycles. The van der Waals surface area contributed by atoms with Gasteiger partial charge in [-0.2, -0.15) is 0 Å². The zero-order valence-corrected chi connectivity index (χ0v) is 11.4. The number of ether oxygens (including phenoxy) is 1. The number of benzene rings is 1. The van der Waals surface area contributed by atoms with Gasteiger partial charge in [0, 0.05) is 6.07 Å². The van der Waals surface area contributed by atoms with Crippen molar-refractivity contribution in [3.8, 4) is 0 Å². The fraction of sp³-hybridized carbons (Fsp3) is 0.385. The summed E-state index contributed by atoms with van der Waals surface area (Å²) >= 11 is 0. The van der Waals surface area contributed by atoms with Crippen LogP contribution in [0.25, 0.3) is 0 Å². The molecule has 1 aromatic rings. The molecule has 0 unspecified atom stereocenters. The molecule has 0 spiro atoms. The smallest absolute Gasteiger partial charge is 0.251 e. The van der Waals surface area contributed by atoms with Gasteiger partial charge in [-0.25, -0.2) is 8.78 Å². The van der Waals surface area contributed by atoms with Gasteiger partial charge in [0.1, 0.15) is 18.2 Å². The summed E-state index contributed by atoms with van der Waals surface area (Å²) in [7, 11) is 0. The Bertz CT molecular complexity index is 539. The standard InChI is InChI=1S/C13H16F2N2O3/c1-13(2,3)20-6-11(18)17-10-4-7(12(16)19)8(14)5-9(10)15/h4-5H,6H2,1-3H3,(H2,16,19)(H,17,18). The molecule has 0 atom stereocenters. The third kappa shape index (κ3) is 4.58. The largest absolute Gasteiger partial charge is 0.366 e. The lowest BCUT2D eigenvalue weighted by Crippen LogP contribution is -2.27. The van der Waals surface area contributed by atoms with Crippen LogP contribution in [0, 0.1) is 11.6 Å². The van der Waals surface area contributed by atoms with Crippen molar-refractivity contribution in [2.45, 2.75) is 26.4 Å². The number of hydrogen-bond acceptors (Lipinski definition) is 3. The molecule has 2 amide bonds. The van der Waals surface area contributed by atoms with Crippen LogP contribution in [0.5, 0.6) is 0 Å². The Kier molecular flexibility index (Phi) is 4.78. The van der Waals surface area contributed by atoms with Crippen LogP contribution in [0.4, 0.5) is 14.5 Å². The second-order valence-electron chi connectivity index (χ2n) is 5.13. The van der Waals surface area contributed by atoms with Gasteiger partial charge in [0.05, 0.1) is 16.9 Å². The van der Waals surface area contributed by atoms with Crippen molar-refractivity contribution in [1.29, 1.82) is 0 Å². The first kappa shape index (κ1) is 16.0. The lowest BCUT2D eigenvalue weighted by molar-refractivity contribution is -0.125. The van der Waals surface area contributed by atoms with Crippen LogP contribution in [0.15, 0.2) is 12.1 Å². The molecule has 0 heterocycles. The summed E-state index contributed by atoms with van der Waals surface area (Å²) in [5.74, 6) is -3.76. The van der Waals surface area contributed by atoms with E-state index in [4.69, 9.17) is 10.5 Å². The number of anilines is 1. The van der Waals surface area contributed by atoms with Crippen LogP contribution in [0.3, 0.4) is 0 Å². The van der Waals surface area contributed by atoms with Crippen molar-refractivity contribution in [1.82, 2.24) is 0 Å². The number of primary amides is 1. The average Bonchev–Trinajstić information content (AvgIpc) is 2.28. The summed E-state index contributed by atoms with van der Waals surface area (Å²) in [6.07, 6.45) is 0. The van der Waals surface area contributed by atoms with Gasteiger partial charge in [0.2, 0.25) is 5.91 Å². The highest BCUT2D eigenvalue weighted by Crippen LogP contribution is 2.19. The highest BCUT2D eigenvalue weighted by atomic mass is 19.1. The molecule has 0 radical (unpaired) electrons. The monoisotopic (exact) mass is 286 g/mol. The first-order valence-electron chi connectivity index (χ1n) is 5.83. The van der Waals surface area contributed by atoms with Crippen LogP contribution >= 0.6 is 0 Å². The van der Waals surface area contributed by atoms with Crippen LogP contribution in [-0.4, -0.2) is 24.0 Å². The molecular formula is C13H16F2N2O3. The van der Waals surface area contributed by atoms with E-state index >= 15 is 0 Å². The summed E-state index contributed by atoms with van der Waals surface area (Å²) in [6, 6.07) is 1.34. The second-order valence-corrected chi connectivity index (χ2v) is 5.13. The Morgan fingerprint density at radius 3 is 2.35 bits per heavy atom. The normalized spacial score (nSPS) is 11.2. The van der Waals surface area contributed by atoms with Gasteiger partial charge in [0.15, 0.2) is 0 Å². The third-order valence-electron chi connectivity index (χ3n) is 2.23. The Morgan fingerprint density at radius 1 is 1.25 bits per heavy atom. The molecule has 7 heteroatoms. The van der Waals surface area contributed by atoms with E-state index < -0.39 is 34.6 Å². The number of amides is 2. The lowest BCUT2D eigenvalue weighted by atomic mass is 10.1. The van der Waals surface area contributed by atoms with Crippen LogP contribution in [0.2, 0.25) is 0 Å². The summed E-state index contributed by atoms with van der Waals surface area (Å²) < 4.78 is 31.9. The molecule has 0 aliphatic heterocycles. The summed E-state index contributed by atoms with van der Waals surface area (Å²) in [6.45, 7) is 4.96. The van der Waals surface area contributed by atoms with Crippen molar-refractivity contribution in [2.24, 2.45) is 5.73 Å². The topological polar surface area (TPSA) is 81.4 Å². The van der Waals surface area contributed by atoms with Gasteiger partial charge in [-0.1, -0.05) is 0 Å². The van der Waals surface area contributed by atoms with E-state index in [0.29, 0.717) is 6.07 Å². The number of halogens is 2. The fourth-order valence-electron chi connectivity index (χ4n) is 1.30. The molecule has 20 heavy (non-hydrogen) atoms. The van der Waals surface area contributed by atoms with Crippen LogP contribution in [0.1, 0.15) is 31.1 Å². The van der Waals surface area contributed by atoms with E-state index in [1.165, 1.54) is 0 Å². The Hall–Kier alpha value is -2.02. The first-order valence-corrected chi connectivity index (χ1v) is 5.83. The molecule has 1 aromatic carbocycles. The molecule has 3 N–H and O–H groups in total. The van der Waals surface area contributed by atoms with E-state index in [1.54, 1.807) is 20.8 Å². The van der Waals surface area contributed by atoms with Gasteiger partial charge < -0.3 is 15.8 Å². The first-order chi connectivity index (χ1) is 9.10. The molecule has 0 bridgehead atoms. The Morgan fingerprint density at radius 2 is 1.85 bits per heavy atom. The molecule has 0 saturated heterocycles. The van der Waals surface area contributed by atoms with E-state index in [-0.39, 0.29) is 12.3 Å². The molecule has 110 valence electrons. The van der Waals surface area contributed by atoms with Crippen molar-refractivity contribution in [3.05, 3.63) is 29.3 Å². The van der Waals surface area contributed by atoms with Gasteiger partial charge in [-0.05, 0) is 26.8 Å². The van der Waals surface area contributed by atoms with E-state index in [9.17, 15) is 18.4 Å². The van der Waals surface area contributed by atoms with Crippen molar-refractivity contribution >= 4 is 17.5 Å². The van der Waals surface area contributed by atoms with E-state index in [1.807, 2.05) is 0 Å². The van der Waals surface area contributed by atoms with Gasteiger partial charge in [0.25, 0.3) is 5.91 Å². The number of nitrogens with one attached hydrogen (secondary N) is 1. The van der Waals surface area contributed by atoms with Crippen LogP contribution in [-0.2, 0) is 9.53 Å². The maximum absolute atomic E-state index is 13.5. The van der Waals surface area contributed by atoms with Gasteiger partial charge in [-0.3, -0.25) is 9.59 Å². The minimum Gasteiger partial charge on any atom is -0.366 e. The summed E-state index contributed by atoms with van der Waals surface area (Å²) in [5, 5.41) is 2.19. The predicted molar refractivity (Wildman–Crippen MR) is 69.2 cm³/mol. The maximum Gasteiger partial charge on any atom is 0.251 e. The maximum atomic E-state index is 13.5. The molecule has 0 aromatic heterocycles. The number of carbonyl (C=O) groups is 2. The average molecular weight is 286 g/mol. The Balaban J connectivity index is 2.85. The highest BCUT2D eigenvalue weighted by molar-refractivity contribution is 5.96. The number of rotatable bonds is 4. The minimum atomic E-state index is -1.08. The van der Waals surface area contributed by atoms with Crippen molar-refractivity contribution < 1.29 is 23.1 Å². The molecule has 5 nitrogen and oxygen atoms in total. The Labute approximate surface area is 115 Å². The van der Waals surface area contributed by atoms with Gasteiger partial charge >= 0.3 is 0 Å². The number of nitrogens with two attached hydrogens (primary N) is 1. The minimum absolute atomic E-state index is 0.299. The van der Waals surface area contributed by atoms with Crippen molar-refractivity contribution in [3.63, 3.8) is 0 Å². The molecular weight excluding hydrogens is 270 g/mol. The third-order valence-corrected chi connectivity index (χ3v) is 2.23. The van der Waals surface area contributed by atoms with Crippen LogP contribution < -0.4 is 11.1 Å². The summed E-state index contributed by atoms with van der Waals surface area (Å²) in [4.78, 5) is 22.5. The number of hydrogen-bond donors (Lipinski definition) is 2. The highest BCUT2D eigenvalue weighted by Gasteiger charge is 2.17. The predicted octanol–water partition coefficient (Wildman–Crippen LogP) is 1.82. The van der Waals surface area contributed by atoms with Crippen molar-refractivity contribution in [2.75, 3.05) is 11.9 Å². The molecule has 0 aliphatic carbocycles. The number of carbonyl (C=O) groups excluding carboxylic acids is 2. The fourth-order valence-corrected chi connectivity index (χ4v) is 1.30. The lowest BCUT2D eigenvalue weighted by Gasteiger charge is -2.19. The molecule has 0 aliphatic rings. The molecule has 0 fully saturated rings. The van der Waals surface area contributed by atoms with E-state index in [2.05, 4.69) is 5.32 Å². The second kappa shape index (κ2) is 5.96. The zero-order chi connectivity index (χ0) is 15.5. The molecule has 1 rings (SSSR count). The SMILES string of the molecule is CC(C)(C)OCC(=O)Nc1cc(C(N)=O)c(F)cc1F. The quantitative estimate of drug-likeness (QED) is 0.885. The zero-order valence-electron chi connectivity index (χ0n) is 11.4. The van der Waals surface area contributed by atoms with E-state index in [0.717, 1.165) is 6.07 Å².